The second kappa shape index (κ2) is 7.14. The predicted octanol–water partition coefficient (Wildman–Crippen LogP) is 1.86. The number of nitrogens with one attached hydrogen (secondary N) is 1. The Labute approximate surface area is 115 Å². The van der Waals surface area contributed by atoms with Crippen molar-refractivity contribution >= 4 is 5.91 Å². The molecule has 1 rings (SSSR count). The molecule has 0 aliphatic carbocycles. The van der Waals surface area contributed by atoms with E-state index in [-0.39, 0.29) is 11.8 Å². The number of nitrogens with two attached hydrogens (primary N) is 1. The maximum absolute atomic E-state index is 11.8. The van der Waals surface area contributed by atoms with Crippen molar-refractivity contribution in [3.63, 3.8) is 0 Å². The number of benzene rings is 1. The number of carbonyl (C=O) groups excluding carboxylic acids is 1. The highest BCUT2D eigenvalue weighted by atomic mass is 16.5. The zero-order valence-electron chi connectivity index (χ0n) is 12.2. The first kappa shape index (κ1) is 15.5. The van der Waals surface area contributed by atoms with Crippen molar-refractivity contribution in [3.05, 3.63) is 29.3 Å². The van der Waals surface area contributed by atoms with E-state index < -0.39 is 6.04 Å². The van der Waals surface area contributed by atoms with Crippen LogP contribution in [0.2, 0.25) is 0 Å². The number of amides is 1. The van der Waals surface area contributed by atoms with Gasteiger partial charge in [-0.3, -0.25) is 4.79 Å². The molecule has 106 valence electrons. The van der Waals surface area contributed by atoms with Gasteiger partial charge in [0.1, 0.15) is 5.75 Å². The second-order valence-corrected chi connectivity index (χ2v) is 4.99. The SMILES string of the molecule is CCc1ccc(OC)c(CNC(=O)C(N)C(C)C)c1. The zero-order valence-corrected chi connectivity index (χ0v) is 12.2. The molecule has 1 amide bonds. The highest BCUT2D eigenvalue weighted by molar-refractivity contribution is 5.81. The Morgan fingerprint density at radius 3 is 2.63 bits per heavy atom. The number of hydrogen-bond acceptors (Lipinski definition) is 3. The summed E-state index contributed by atoms with van der Waals surface area (Å²) in [4.78, 5) is 11.8. The Morgan fingerprint density at radius 2 is 2.11 bits per heavy atom. The van der Waals surface area contributed by atoms with Gasteiger partial charge < -0.3 is 15.8 Å². The first-order valence-electron chi connectivity index (χ1n) is 6.68. The van der Waals surface area contributed by atoms with Crippen LogP contribution in [0, 0.1) is 5.92 Å². The van der Waals surface area contributed by atoms with Gasteiger partial charge in [0.15, 0.2) is 0 Å². The maximum Gasteiger partial charge on any atom is 0.237 e. The summed E-state index contributed by atoms with van der Waals surface area (Å²) >= 11 is 0. The molecule has 1 atom stereocenters. The van der Waals surface area contributed by atoms with Gasteiger partial charge in [0.2, 0.25) is 5.91 Å². The van der Waals surface area contributed by atoms with Crippen LogP contribution in [-0.4, -0.2) is 19.1 Å². The smallest absolute Gasteiger partial charge is 0.237 e. The third kappa shape index (κ3) is 4.24. The van der Waals surface area contributed by atoms with Crippen LogP contribution in [0.15, 0.2) is 18.2 Å². The van der Waals surface area contributed by atoms with Crippen molar-refractivity contribution in [3.8, 4) is 5.75 Å². The third-order valence-electron chi connectivity index (χ3n) is 3.23. The lowest BCUT2D eigenvalue weighted by molar-refractivity contribution is -0.123. The van der Waals surface area contributed by atoms with Crippen molar-refractivity contribution in [2.45, 2.75) is 39.8 Å². The summed E-state index contributed by atoms with van der Waals surface area (Å²) in [6.07, 6.45) is 0.955. The number of ether oxygens (including phenoxy) is 1. The van der Waals surface area contributed by atoms with E-state index in [0.29, 0.717) is 6.54 Å². The predicted molar refractivity (Wildman–Crippen MR) is 77.0 cm³/mol. The molecule has 1 aromatic rings. The summed E-state index contributed by atoms with van der Waals surface area (Å²) in [7, 11) is 1.63. The van der Waals surface area contributed by atoms with Gasteiger partial charge in [-0.15, -0.1) is 0 Å². The van der Waals surface area contributed by atoms with Crippen molar-refractivity contribution in [2.75, 3.05) is 7.11 Å². The minimum Gasteiger partial charge on any atom is -0.496 e. The molecule has 0 aliphatic rings. The fraction of sp³-hybridized carbons (Fsp3) is 0.533. The van der Waals surface area contributed by atoms with Gasteiger partial charge in [-0.2, -0.15) is 0 Å². The lowest BCUT2D eigenvalue weighted by Gasteiger charge is -2.16. The Balaban J connectivity index is 2.73. The molecule has 0 aliphatic heterocycles. The van der Waals surface area contributed by atoms with E-state index in [1.165, 1.54) is 5.56 Å². The van der Waals surface area contributed by atoms with Gasteiger partial charge in [-0.05, 0) is 24.0 Å². The molecule has 0 fully saturated rings. The van der Waals surface area contributed by atoms with Gasteiger partial charge in [-0.25, -0.2) is 0 Å². The minimum atomic E-state index is -0.472. The van der Waals surface area contributed by atoms with Crippen LogP contribution >= 0.6 is 0 Å². The van der Waals surface area contributed by atoms with Crippen LogP contribution in [0.3, 0.4) is 0 Å². The first-order valence-corrected chi connectivity index (χ1v) is 6.68. The molecule has 4 nitrogen and oxygen atoms in total. The van der Waals surface area contributed by atoms with Gasteiger partial charge in [0.25, 0.3) is 0 Å². The minimum absolute atomic E-state index is 0.126. The third-order valence-corrected chi connectivity index (χ3v) is 3.23. The Kier molecular flexibility index (Phi) is 5.83. The topological polar surface area (TPSA) is 64.3 Å². The standard InChI is InChI=1S/C15H24N2O2/c1-5-11-6-7-13(19-4)12(8-11)9-17-15(18)14(16)10(2)3/h6-8,10,14H,5,9,16H2,1-4H3,(H,17,18). The number of rotatable bonds is 6. The van der Waals surface area contributed by atoms with E-state index in [4.69, 9.17) is 10.5 Å². The molecule has 0 saturated carbocycles. The molecule has 1 aromatic carbocycles. The highest BCUT2D eigenvalue weighted by Crippen LogP contribution is 2.20. The van der Waals surface area contributed by atoms with Gasteiger partial charge in [-0.1, -0.05) is 32.9 Å². The summed E-state index contributed by atoms with van der Waals surface area (Å²) in [5.74, 6) is 0.790. The van der Waals surface area contributed by atoms with Crippen LogP contribution < -0.4 is 15.8 Å². The van der Waals surface area contributed by atoms with Crippen molar-refractivity contribution in [1.29, 1.82) is 0 Å². The Morgan fingerprint density at radius 1 is 1.42 bits per heavy atom. The monoisotopic (exact) mass is 264 g/mol. The molecule has 1 unspecified atom stereocenters. The molecule has 19 heavy (non-hydrogen) atoms. The average Bonchev–Trinajstić information content (AvgIpc) is 2.43. The molecule has 0 radical (unpaired) electrons. The van der Waals surface area contributed by atoms with Crippen LogP contribution in [0.5, 0.6) is 5.75 Å². The largest absolute Gasteiger partial charge is 0.496 e. The van der Waals surface area contributed by atoms with Crippen molar-refractivity contribution < 1.29 is 9.53 Å². The summed E-state index contributed by atoms with van der Waals surface area (Å²) in [5, 5.41) is 2.86. The maximum atomic E-state index is 11.8. The zero-order chi connectivity index (χ0) is 14.4. The van der Waals surface area contributed by atoms with Crippen LogP contribution in [0.25, 0.3) is 0 Å². The molecule has 0 aromatic heterocycles. The Bertz CT molecular complexity index is 430. The van der Waals surface area contributed by atoms with Gasteiger partial charge in [0.05, 0.1) is 13.2 Å². The highest BCUT2D eigenvalue weighted by Gasteiger charge is 2.17. The fourth-order valence-corrected chi connectivity index (χ4v) is 1.79. The normalized spacial score (nSPS) is 12.3. The van der Waals surface area contributed by atoms with Crippen molar-refractivity contribution in [1.82, 2.24) is 5.32 Å². The molecule has 0 spiro atoms. The lowest BCUT2D eigenvalue weighted by atomic mass is 10.0. The lowest BCUT2D eigenvalue weighted by Crippen LogP contribution is -2.43. The average molecular weight is 264 g/mol. The number of aryl methyl sites for hydroxylation is 1. The molecule has 0 bridgehead atoms. The van der Waals surface area contributed by atoms with Crippen LogP contribution in [0.4, 0.5) is 0 Å². The first-order chi connectivity index (χ1) is 8.99. The van der Waals surface area contributed by atoms with Crippen LogP contribution in [0.1, 0.15) is 31.9 Å². The number of carbonyl (C=O) groups is 1. The van der Waals surface area contributed by atoms with Gasteiger partial charge in [0, 0.05) is 12.1 Å². The molecule has 3 N–H and O–H groups in total. The summed E-state index contributed by atoms with van der Waals surface area (Å²) in [6, 6.07) is 5.55. The molecular formula is C15H24N2O2. The molecule has 0 heterocycles. The summed E-state index contributed by atoms with van der Waals surface area (Å²) < 4.78 is 5.30. The number of hydrogen-bond donors (Lipinski definition) is 2. The van der Waals surface area contributed by atoms with Crippen LogP contribution in [-0.2, 0) is 17.8 Å². The summed E-state index contributed by atoms with van der Waals surface area (Å²) in [5.41, 5.74) is 8.01. The van der Waals surface area contributed by atoms with E-state index in [1.807, 2.05) is 26.0 Å². The summed E-state index contributed by atoms with van der Waals surface area (Å²) in [6.45, 7) is 6.40. The number of methoxy groups -OCH3 is 1. The fourth-order valence-electron chi connectivity index (χ4n) is 1.79. The van der Waals surface area contributed by atoms with E-state index in [0.717, 1.165) is 17.7 Å². The van der Waals surface area contributed by atoms with E-state index in [2.05, 4.69) is 18.3 Å². The molecule has 4 heteroatoms. The Hall–Kier alpha value is -1.55. The van der Waals surface area contributed by atoms with E-state index >= 15 is 0 Å². The van der Waals surface area contributed by atoms with E-state index in [1.54, 1.807) is 7.11 Å². The molecule has 0 saturated heterocycles. The molecular weight excluding hydrogens is 240 g/mol. The van der Waals surface area contributed by atoms with Gasteiger partial charge >= 0.3 is 0 Å². The quantitative estimate of drug-likeness (QED) is 0.824. The van der Waals surface area contributed by atoms with E-state index in [9.17, 15) is 4.79 Å². The second-order valence-electron chi connectivity index (χ2n) is 4.99. The van der Waals surface area contributed by atoms with Crippen molar-refractivity contribution in [2.24, 2.45) is 11.7 Å².